The van der Waals surface area contributed by atoms with Gasteiger partial charge in [0.1, 0.15) is 13.2 Å². The molecular weight excluding hydrogens is 768 g/mol. The van der Waals surface area contributed by atoms with Crippen LogP contribution in [-0.2, 0) is 18.4 Å². The number of carbonyl (C=O) groups is 1. The van der Waals surface area contributed by atoms with Crippen LogP contribution in [0.15, 0.2) is 85.1 Å². The van der Waals surface area contributed by atoms with Gasteiger partial charge >= 0.3 is 0 Å². The van der Waals surface area contributed by atoms with E-state index in [0.29, 0.717) is 17.4 Å². The number of nitrogens with one attached hydrogen (secondary N) is 1. The number of hydrogen-bond donors (Lipinski definition) is 2. The van der Waals surface area contributed by atoms with Crippen LogP contribution in [0.25, 0.3) is 0 Å². The van der Waals surface area contributed by atoms with E-state index in [-0.39, 0.29) is 12.5 Å². The highest BCUT2D eigenvalue weighted by molar-refractivity contribution is 7.45. The third kappa shape index (κ3) is 43.8. The molecule has 2 N–H and O–H groups in total. The first-order valence-electron chi connectivity index (χ1n) is 23.9. The smallest absolute Gasteiger partial charge is 0.268 e. The molecule has 0 saturated carbocycles. The van der Waals surface area contributed by atoms with Crippen LogP contribution in [-0.4, -0.2) is 68.5 Å². The average Bonchev–Trinajstić information content (AvgIpc) is 3.20. The van der Waals surface area contributed by atoms with Crippen molar-refractivity contribution >= 4 is 13.7 Å². The van der Waals surface area contributed by atoms with Crippen LogP contribution >= 0.6 is 7.82 Å². The number of unbranched alkanes of at least 4 members (excludes halogenated alkanes) is 17. The van der Waals surface area contributed by atoms with Gasteiger partial charge in [-0.05, 0) is 70.6 Å². The van der Waals surface area contributed by atoms with E-state index in [2.05, 4.69) is 92.1 Å². The second kappa shape index (κ2) is 42.0. The van der Waals surface area contributed by atoms with Crippen molar-refractivity contribution in [1.82, 2.24) is 5.32 Å². The van der Waals surface area contributed by atoms with Crippen molar-refractivity contribution < 1.29 is 32.9 Å². The highest BCUT2D eigenvalue weighted by Crippen LogP contribution is 2.38. The number of aliphatic hydroxyl groups is 1. The first-order chi connectivity index (χ1) is 29.0. The summed E-state index contributed by atoms with van der Waals surface area (Å²) in [6, 6.07) is -0.903. The third-order valence-corrected chi connectivity index (χ3v) is 11.0. The molecule has 0 aliphatic carbocycles. The van der Waals surface area contributed by atoms with E-state index < -0.39 is 26.6 Å². The Morgan fingerprint density at radius 2 is 1.03 bits per heavy atom. The number of amides is 1. The molecule has 3 atom stereocenters. The molecule has 0 spiro atoms. The molecule has 0 radical (unpaired) electrons. The van der Waals surface area contributed by atoms with E-state index in [1.807, 2.05) is 27.2 Å². The minimum Gasteiger partial charge on any atom is -0.756 e. The van der Waals surface area contributed by atoms with Gasteiger partial charge in [-0.25, -0.2) is 0 Å². The summed E-state index contributed by atoms with van der Waals surface area (Å²) < 4.78 is 23.1. The number of aliphatic hydroxyl groups excluding tert-OH is 1. The van der Waals surface area contributed by atoms with E-state index in [0.717, 1.165) is 77.0 Å². The molecular formula is C51H91N2O6P. The Labute approximate surface area is 369 Å². The third-order valence-electron chi connectivity index (χ3n) is 10.1. The summed E-state index contributed by atoms with van der Waals surface area (Å²) in [5.74, 6) is -0.216. The molecule has 9 heteroatoms. The first-order valence-corrected chi connectivity index (χ1v) is 25.4. The lowest BCUT2D eigenvalue weighted by atomic mass is 10.0. The molecule has 8 nitrogen and oxygen atoms in total. The van der Waals surface area contributed by atoms with Crippen molar-refractivity contribution in [3.05, 3.63) is 85.1 Å². The number of quaternary nitrogens is 1. The van der Waals surface area contributed by atoms with Crippen molar-refractivity contribution in [3.8, 4) is 0 Å². The number of nitrogens with zero attached hydrogens (tertiary/aromatic N) is 1. The Hall–Kier alpha value is -2.32. The molecule has 0 fully saturated rings. The number of carbonyl (C=O) groups excluding carboxylic acids is 1. The van der Waals surface area contributed by atoms with Crippen LogP contribution < -0.4 is 10.2 Å². The fourth-order valence-electron chi connectivity index (χ4n) is 6.32. The van der Waals surface area contributed by atoms with Crippen LogP contribution in [0.5, 0.6) is 0 Å². The minimum atomic E-state index is -4.59. The Morgan fingerprint density at radius 3 is 1.53 bits per heavy atom. The van der Waals surface area contributed by atoms with Gasteiger partial charge in [0.15, 0.2) is 0 Å². The highest BCUT2D eigenvalue weighted by atomic mass is 31.2. The SMILES string of the molecule is CC/C=C\C/C=C\C/C=C\C/C=C\C/C=C\CCCCCCCCCCCCCCCCCC(=O)NC(COP(=O)([O-])OCC[N+](C)(C)C)C(O)/C=C/CC/C=C/CCC. The van der Waals surface area contributed by atoms with Crippen LogP contribution in [0, 0.1) is 0 Å². The molecule has 0 saturated heterocycles. The molecule has 60 heavy (non-hydrogen) atoms. The molecule has 0 aromatic rings. The van der Waals surface area contributed by atoms with E-state index in [1.54, 1.807) is 6.08 Å². The zero-order chi connectivity index (χ0) is 44.3. The maximum atomic E-state index is 12.8. The summed E-state index contributed by atoms with van der Waals surface area (Å²) in [6.07, 6.45) is 58.3. The van der Waals surface area contributed by atoms with Crippen molar-refractivity contribution in [3.63, 3.8) is 0 Å². The number of likely N-dealkylation sites (N-methyl/N-ethyl adjacent to an activating group) is 1. The quantitative estimate of drug-likeness (QED) is 0.0274. The molecule has 0 heterocycles. The first kappa shape index (κ1) is 57.7. The molecule has 0 bridgehead atoms. The van der Waals surface area contributed by atoms with Gasteiger partial charge in [0, 0.05) is 6.42 Å². The van der Waals surface area contributed by atoms with Crippen LogP contribution in [0.1, 0.15) is 181 Å². The lowest BCUT2D eigenvalue weighted by Gasteiger charge is -2.29. The predicted molar refractivity (Wildman–Crippen MR) is 256 cm³/mol. The fourth-order valence-corrected chi connectivity index (χ4v) is 7.04. The van der Waals surface area contributed by atoms with Crippen LogP contribution in [0.2, 0.25) is 0 Å². The number of rotatable bonds is 42. The van der Waals surface area contributed by atoms with Crippen molar-refractivity contribution in [2.75, 3.05) is 40.9 Å². The average molecular weight is 859 g/mol. The number of allylic oxidation sites excluding steroid dienone is 13. The van der Waals surface area contributed by atoms with E-state index in [9.17, 15) is 19.4 Å². The fraction of sp³-hybridized carbons (Fsp3) is 0.706. The molecule has 0 aromatic heterocycles. The summed E-state index contributed by atoms with van der Waals surface area (Å²) in [5, 5.41) is 13.6. The van der Waals surface area contributed by atoms with Crippen molar-refractivity contribution in [2.24, 2.45) is 0 Å². The number of hydrogen-bond acceptors (Lipinski definition) is 6. The molecule has 1 amide bonds. The maximum Gasteiger partial charge on any atom is 0.268 e. The Bertz CT molecular complexity index is 1250. The summed E-state index contributed by atoms with van der Waals surface area (Å²) in [4.78, 5) is 25.2. The topological polar surface area (TPSA) is 108 Å². The van der Waals surface area contributed by atoms with Gasteiger partial charge in [-0.1, -0.05) is 189 Å². The summed E-state index contributed by atoms with van der Waals surface area (Å²) in [6.45, 7) is 4.38. The summed E-state index contributed by atoms with van der Waals surface area (Å²) in [7, 11) is 1.23. The van der Waals surface area contributed by atoms with Gasteiger partial charge in [0.05, 0.1) is 39.9 Å². The number of phosphoric acid groups is 1. The van der Waals surface area contributed by atoms with Gasteiger partial charge < -0.3 is 28.8 Å². The van der Waals surface area contributed by atoms with Crippen molar-refractivity contribution in [1.29, 1.82) is 0 Å². The van der Waals surface area contributed by atoms with Crippen LogP contribution in [0.3, 0.4) is 0 Å². The minimum absolute atomic E-state index is 0.00994. The Kier molecular flexibility index (Phi) is 40.4. The van der Waals surface area contributed by atoms with Crippen molar-refractivity contribution in [2.45, 2.75) is 193 Å². The molecule has 0 rings (SSSR count). The van der Waals surface area contributed by atoms with Gasteiger partial charge in [0.25, 0.3) is 7.82 Å². The Balaban J connectivity index is 4.00. The van der Waals surface area contributed by atoms with Gasteiger partial charge in [-0.15, -0.1) is 0 Å². The van der Waals surface area contributed by atoms with E-state index in [1.165, 1.54) is 83.5 Å². The highest BCUT2D eigenvalue weighted by Gasteiger charge is 2.23. The summed E-state index contributed by atoms with van der Waals surface area (Å²) >= 11 is 0. The number of phosphoric ester groups is 1. The normalized spacial score (nSPS) is 15.0. The molecule has 346 valence electrons. The molecule has 0 aliphatic heterocycles. The Morgan fingerprint density at radius 1 is 0.600 bits per heavy atom. The van der Waals surface area contributed by atoms with E-state index in [4.69, 9.17) is 9.05 Å². The zero-order valence-corrected chi connectivity index (χ0v) is 40.0. The second-order valence-corrected chi connectivity index (χ2v) is 18.5. The second-order valence-electron chi connectivity index (χ2n) is 17.1. The molecule has 0 aromatic carbocycles. The standard InChI is InChI=1S/C51H91N2O6P/c1-6-8-10-12-14-15-16-17-18-19-20-21-22-23-24-25-26-27-28-29-30-31-32-33-34-35-36-37-39-41-43-45-51(55)52-49(50(54)44-42-40-38-13-11-9-7-2)48-59-60(56,57)58-47-46-53(3,4)5/h8,10-11,13-15,17-18,20-21,23-24,42,44,49-50,54H,6-7,9,12,16,19,22,25-41,43,45-48H2,1-5H3,(H-,52,55,56,57)/b10-8-,13-11+,15-14-,18-17-,21-20-,24-23-,44-42+. The largest absolute Gasteiger partial charge is 0.756 e. The van der Waals surface area contributed by atoms with Crippen LogP contribution in [0.4, 0.5) is 0 Å². The molecule has 3 unspecified atom stereocenters. The predicted octanol–water partition coefficient (Wildman–Crippen LogP) is 13.1. The lowest BCUT2D eigenvalue weighted by molar-refractivity contribution is -0.870. The maximum absolute atomic E-state index is 12.8. The van der Waals surface area contributed by atoms with Gasteiger partial charge in [-0.2, -0.15) is 0 Å². The van der Waals surface area contributed by atoms with Gasteiger partial charge in [-0.3, -0.25) is 9.36 Å². The molecule has 0 aliphatic rings. The lowest BCUT2D eigenvalue weighted by Crippen LogP contribution is -2.45. The monoisotopic (exact) mass is 859 g/mol. The van der Waals surface area contributed by atoms with E-state index >= 15 is 0 Å². The van der Waals surface area contributed by atoms with Gasteiger partial charge in [0.2, 0.25) is 5.91 Å². The zero-order valence-electron chi connectivity index (χ0n) is 39.1. The summed E-state index contributed by atoms with van der Waals surface area (Å²) in [5.41, 5.74) is 0.